The van der Waals surface area contributed by atoms with Crippen molar-refractivity contribution in [2.45, 2.75) is 33.2 Å². The summed E-state index contributed by atoms with van der Waals surface area (Å²) < 4.78 is 0. The predicted octanol–water partition coefficient (Wildman–Crippen LogP) is 2.67. The molecule has 92 valence electrons. The largest absolute Gasteiger partial charge is 0.383 e. The predicted molar refractivity (Wildman–Crippen MR) is 72.1 cm³/mol. The molecule has 0 amide bonds. The van der Waals surface area contributed by atoms with Crippen LogP contribution in [-0.4, -0.2) is 18.6 Å². The highest BCUT2D eigenvalue weighted by atomic mass is 15.0. The van der Waals surface area contributed by atoms with Crippen LogP contribution in [0.4, 0.5) is 5.69 Å². The molecule has 1 rings (SSSR count). The number of hydrogen-bond acceptors (Lipinski definition) is 3. The van der Waals surface area contributed by atoms with Crippen LogP contribution >= 0.6 is 0 Å². The van der Waals surface area contributed by atoms with Crippen molar-refractivity contribution in [2.75, 3.05) is 18.4 Å². The lowest BCUT2D eigenvalue weighted by atomic mass is 10.1. The smallest absolute Gasteiger partial charge is 0.102 e. The molecule has 3 heteroatoms. The highest BCUT2D eigenvalue weighted by molar-refractivity contribution is 5.60. The molecule has 0 saturated carbocycles. The van der Waals surface area contributed by atoms with Gasteiger partial charge in [-0.15, -0.1) is 0 Å². The second-order valence-electron chi connectivity index (χ2n) is 5.21. The van der Waals surface area contributed by atoms with Crippen LogP contribution in [0.15, 0.2) is 18.2 Å². The fourth-order valence-electron chi connectivity index (χ4n) is 1.60. The van der Waals surface area contributed by atoms with Gasteiger partial charge in [0.1, 0.15) is 6.07 Å². The molecule has 0 bridgehead atoms. The molecular weight excluding hydrogens is 210 g/mol. The summed E-state index contributed by atoms with van der Waals surface area (Å²) in [4.78, 5) is 0. The number of nitriles is 1. The van der Waals surface area contributed by atoms with Crippen LogP contribution in [0.3, 0.4) is 0 Å². The van der Waals surface area contributed by atoms with Crippen molar-refractivity contribution in [3.05, 3.63) is 29.3 Å². The summed E-state index contributed by atoms with van der Waals surface area (Å²) in [7, 11) is 0. The van der Waals surface area contributed by atoms with Crippen molar-refractivity contribution in [2.24, 2.45) is 0 Å². The first-order valence-corrected chi connectivity index (χ1v) is 5.92. The van der Waals surface area contributed by atoms with Crippen molar-refractivity contribution in [3.63, 3.8) is 0 Å². The van der Waals surface area contributed by atoms with Crippen LogP contribution in [0.5, 0.6) is 0 Å². The summed E-state index contributed by atoms with van der Waals surface area (Å²) in [5.41, 5.74) is 2.81. The first-order chi connectivity index (χ1) is 7.94. The molecule has 0 aliphatic rings. The fraction of sp³-hybridized carbons (Fsp3) is 0.500. The maximum Gasteiger partial charge on any atom is 0.102 e. The van der Waals surface area contributed by atoms with Crippen LogP contribution in [0.2, 0.25) is 0 Å². The molecule has 0 spiro atoms. The number of anilines is 1. The quantitative estimate of drug-likeness (QED) is 0.783. The minimum atomic E-state index is 0.131. The van der Waals surface area contributed by atoms with Gasteiger partial charge in [-0.25, -0.2) is 0 Å². The SMILES string of the molecule is Cc1cccc(NCCNC(C)(C)C)c1C#N. The summed E-state index contributed by atoms with van der Waals surface area (Å²) in [6, 6.07) is 8.11. The lowest BCUT2D eigenvalue weighted by Crippen LogP contribution is -2.38. The zero-order valence-electron chi connectivity index (χ0n) is 11.1. The van der Waals surface area contributed by atoms with Crippen LogP contribution in [0.25, 0.3) is 0 Å². The van der Waals surface area contributed by atoms with Crippen molar-refractivity contribution in [1.29, 1.82) is 5.26 Å². The number of aryl methyl sites for hydroxylation is 1. The molecule has 0 radical (unpaired) electrons. The van der Waals surface area contributed by atoms with Gasteiger partial charge in [-0.05, 0) is 39.3 Å². The minimum Gasteiger partial charge on any atom is -0.383 e. The van der Waals surface area contributed by atoms with Gasteiger partial charge in [-0.1, -0.05) is 12.1 Å². The van der Waals surface area contributed by atoms with Crippen molar-refractivity contribution >= 4 is 5.69 Å². The topological polar surface area (TPSA) is 47.8 Å². The molecular formula is C14H21N3. The van der Waals surface area contributed by atoms with Gasteiger partial charge in [0.15, 0.2) is 0 Å². The summed E-state index contributed by atoms with van der Waals surface area (Å²) in [5, 5.41) is 15.8. The molecule has 2 N–H and O–H groups in total. The Bertz CT molecular complexity index is 410. The third kappa shape index (κ3) is 4.46. The molecule has 17 heavy (non-hydrogen) atoms. The van der Waals surface area contributed by atoms with Gasteiger partial charge in [-0.2, -0.15) is 5.26 Å². The molecule has 0 fully saturated rings. The van der Waals surface area contributed by atoms with Crippen molar-refractivity contribution < 1.29 is 0 Å². The standard InChI is InChI=1S/C14H21N3/c1-11-6-5-7-13(12(11)10-15)16-8-9-17-14(2,3)4/h5-7,16-17H,8-9H2,1-4H3. The van der Waals surface area contributed by atoms with Crippen LogP contribution in [0, 0.1) is 18.3 Å². The van der Waals surface area contributed by atoms with E-state index < -0.39 is 0 Å². The molecule has 3 nitrogen and oxygen atoms in total. The Morgan fingerprint density at radius 2 is 1.94 bits per heavy atom. The number of hydrogen-bond donors (Lipinski definition) is 2. The van der Waals surface area contributed by atoms with E-state index in [-0.39, 0.29) is 5.54 Å². The molecule has 0 aliphatic carbocycles. The third-order valence-corrected chi connectivity index (χ3v) is 2.48. The molecule has 1 aromatic carbocycles. The molecule has 0 aromatic heterocycles. The van der Waals surface area contributed by atoms with E-state index in [0.29, 0.717) is 0 Å². The maximum absolute atomic E-state index is 9.08. The molecule has 1 aromatic rings. The Hall–Kier alpha value is -1.53. The molecule has 0 unspecified atom stereocenters. The van der Waals surface area contributed by atoms with Crippen molar-refractivity contribution in [3.8, 4) is 6.07 Å². The number of nitrogens with zero attached hydrogens (tertiary/aromatic N) is 1. The van der Waals surface area contributed by atoms with E-state index in [1.165, 1.54) is 0 Å². The van der Waals surface area contributed by atoms with Crippen LogP contribution in [0.1, 0.15) is 31.9 Å². The van der Waals surface area contributed by atoms with Gasteiger partial charge < -0.3 is 10.6 Å². The molecule has 0 heterocycles. The van der Waals surface area contributed by atoms with Gasteiger partial charge in [-0.3, -0.25) is 0 Å². The Morgan fingerprint density at radius 3 is 2.53 bits per heavy atom. The van der Waals surface area contributed by atoms with Gasteiger partial charge in [0.25, 0.3) is 0 Å². The lowest BCUT2D eigenvalue weighted by Gasteiger charge is -2.21. The van der Waals surface area contributed by atoms with Crippen molar-refractivity contribution in [1.82, 2.24) is 5.32 Å². The van der Waals surface area contributed by atoms with E-state index in [4.69, 9.17) is 5.26 Å². The van der Waals surface area contributed by atoms with E-state index in [9.17, 15) is 0 Å². The fourth-order valence-corrected chi connectivity index (χ4v) is 1.60. The Balaban J connectivity index is 2.53. The highest BCUT2D eigenvalue weighted by Crippen LogP contribution is 2.17. The van der Waals surface area contributed by atoms with E-state index >= 15 is 0 Å². The second kappa shape index (κ2) is 5.70. The Labute approximate surface area is 104 Å². The van der Waals surface area contributed by atoms with E-state index in [1.807, 2.05) is 25.1 Å². The number of rotatable bonds is 4. The van der Waals surface area contributed by atoms with Gasteiger partial charge in [0, 0.05) is 18.6 Å². The summed E-state index contributed by atoms with van der Waals surface area (Å²) in [6.45, 7) is 10.1. The van der Waals surface area contributed by atoms with Gasteiger partial charge >= 0.3 is 0 Å². The average Bonchev–Trinajstić information content (AvgIpc) is 2.23. The third-order valence-electron chi connectivity index (χ3n) is 2.48. The molecule has 0 aliphatic heterocycles. The monoisotopic (exact) mass is 231 g/mol. The lowest BCUT2D eigenvalue weighted by molar-refractivity contribution is 0.435. The highest BCUT2D eigenvalue weighted by Gasteiger charge is 2.08. The maximum atomic E-state index is 9.08. The second-order valence-corrected chi connectivity index (χ2v) is 5.21. The van der Waals surface area contributed by atoms with E-state index in [1.54, 1.807) is 0 Å². The van der Waals surface area contributed by atoms with Crippen LogP contribution in [-0.2, 0) is 0 Å². The zero-order valence-corrected chi connectivity index (χ0v) is 11.1. The number of benzene rings is 1. The summed E-state index contributed by atoms with van der Waals surface area (Å²) in [5.74, 6) is 0. The average molecular weight is 231 g/mol. The zero-order chi connectivity index (χ0) is 12.9. The Kier molecular flexibility index (Phi) is 4.53. The van der Waals surface area contributed by atoms with E-state index in [0.717, 1.165) is 29.9 Å². The summed E-state index contributed by atoms with van der Waals surface area (Å²) >= 11 is 0. The molecule has 0 saturated heterocycles. The van der Waals surface area contributed by atoms with Crippen LogP contribution < -0.4 is 10.6 Å². The first-order valence-electron chi connectivity index (χ1n) is 5.92. The van der Waals surface area contributed by atoms with E-state index in [2.05, 4.69) is 37.5 Å². The van der Waals surface area contributed by atoms with Gasteiger partial charge in [0.05, 0.1) is 11.3 Å². The van der Waals surface area contributed by atoms with Gasteiger partial charge in [0.2, 0.25) is 0 Å². The Morgan fingerprint density at radius 1 is 1.24 bits per heavy atom. The normalized spacial score (nSPS) is 11.0. The number of nitrogens with one attached hydrogen (secondary N) is 2. The summed E-state index contributed by atoms with van der Waals surface area (Å²) in [6.07, 6.45) is 0. The molecule has 0 atom stereocenters. The first kappa shape index (κ1) is 13.5. The minimum absolute atomic E-state index is 0.131.